The van der Waals surface area contributed by atoms with Crippen molar-refractivity contribution in [2.24, 2.45) is 0 Å². The molecule has 0 amide bonds. The summed E-state index contributed by atoms with van der Waals surface area (Å²) in [5.74, 6) is 0.521. The molecule has 1 aromatic carbocycles. The van der Waals surface area contributed by atoms with Crippen LogP contribution < -0.4 is 5.73 Å². The van der Waals surface area contributed by atoms with Crippen molar-refractivity contribution >= 4 is 21.7 Å². The predicted molar refractivity (Wildman–Crippen MR) is 97.6 cm³/mol. The van der Waals surface area contributed by atoms with E-state index in [1.807, 2.05) is 0 Å². The fourth-order valence-electron chi connectivity index (χ4n) is 2.20. The van der Waals surface area contributed by atoms with Gasteiger partial charge in [0.25, 0.3) is 5.89 Å². The Kier molecular flexibility index (Phi) is 4.56. The van der Waals surface area contributed by atoms with E-state index in [0.29, 0.717) is 11.3 Å². The lowest BCUT2D eigenvalue weighted by atomic mass is 10.1. The third kappa shape index (κ3) is 3.21. The smallest absolute Gasteiger partial charge is 0.270 e. The second-order valence-electron chi connectivity index (χ2n) is 5.76. The highest BCUT2D eigenvalue weighted by molar-refractivity contribution is 7.92. The minimum atomic E-state index is -3.33. The molecule has 2 heterocycles. The van der Waals surface area contributed by atoms with Crippen LogP contribution >= 0.6 is 0 Å². The maximum absolute atomic E-state index is 12.2. The van der Waals surface area contributed by atoms with E-state index in [2.05, 4.69) is 26.7 Å². The number of aromatic nitrogens is 4. The number of nitrogens with two attached hydrogens (primary N) is 1. The van der Waals surface area contributed by atoms with Gasteiger partial charge in [0.1, 0.15) is 0 Å². The monoisotopic (exact) mass is 371 g/mol. The van der Waals surface area contributed by atoms with Crippen molar-refractivity contribution in [3.05, 3.63) is 42.9 Å². The summed E-state index contributed by atoms with van der Waals surface area (Å²) in [4.78, 5) is 8.79. The fourth-order valence-corrected chi connectivity index (χ4v) is 3.25. The molecule has 0 aliphatic carbocycles. The molecular weight excluding hydrogens is 354 g/mol. The second kappa shape index (κ2) is 6.68. The van der Waals surface area contributed by atoms with Gasteiger partial charge in [0, 0.05) is 5.56 Å². The van der Waals surface area contributed by atoms with E-state index in [4.69, 9.17) is 10.2 Å². The summed E-state index contributed by atoms with van der Waals surface area (Å²) < 4.78 is 29.8. The minimum absolute atomic E-state index is 0.130. The topological polar surface area (TPSA) is 125 Å². The first-order valence-corrected chi connectivity index (χ1v) is 9.30. The largest absolute Gasteiger partial charge is 0.415 e. The highest BCUT2D eigenvalue weighted by atomic mass is 32.2. The van der Waals surface area contributed by atoms with E-state index in [-0.39, 0.29) is 28.2 Å². The fraction of sp³-hybridized carbons (Fsp3) is 0.176. The minimum Gasteiger partial charge on any atom is -0.415 e. The lowest BCUT2D eigenvalue weighted by Crippen LogP contribution is -2.13. The summed E-state index contributed by atoms with van der Waals surface area (Å²) in [6.45, 7) is 6.84. The van der Waals surface area contributed by atoms with Gasteiger partial charge in [0.05, 0.1) is 22.0 Å². The van der Waals surface area contributed by atoms with Gasteiger partial charge in [0.15, 0.2) is 21.3 Å². The van der Waals surface area contributed by atoms with Crippen molar-refractivity contribution in [1.29, 1.82) is 0 Å². The van der Waals surface area contributed by atoms with Gasteiger partial charge in [-0.25, -0.2) is 18.4 Å². The Bertz CT molecular complexity index is 1060. The highest BCUT2D eigenvalue weighted by Gasteiger charge is 2.19. The lowest BCUT2D eigenvalue weighted by molar-refractivity contribution is 0.555. The van der Waals surface area contributed by atoms with Gasteiger partial charge in [-0.3, -0.25) is 0 Å². The second-order valence-corrected chi connectivity index (χ2v) is 8.26. The third-order valence-corrected chi connectivity index (χ3v) is 5.89. The van der Waals surface area contributed by atoms with Gasteiger partial charge in [-0.1, -0.05) is 18.7 Å². The Morgan fingerprint density at radius 3 is 2.46 bits per heavy atom. The van der Waals surface area contributed by atoms with Crippen LogP contribution in [0.15, 0.2) is 46.4 Å². The van der Waals surface area contributed by atoms with Crippen molar-refractivity contribution in [3.8, 4) is 22.8 Å². The third-order valence-electron chi connectivity index (χ3n) is 3.72. The van der Waals surface area contributed by atoms with Crippen LogP contribution in [0.2, 0.25) is 0 Å². The van der Waals surface area contributed by atoms with Gasteiger partial charge < -0.3 is 10.2 Å². The van der Waals surface area contributed by atoms with Crippen molar-refractivity contribution in [2.75, 3.05) is 5.73 Å². The molecule has 0 radical (unpaired) electrons. The van der Waals surface area contributed by atoms with Crippen molar-refractivity contribution < 1.29 is 12.8 Å². The number of benzene rings is 1. The molecule has 0 aliphatic rings. The molecule has 0 bridgehead atoms. The number of anilines is 1. The Morgan fingerprint density at radius 2 is 1.88 bits per heavy atom. The van der Waals surface area contributed by atoms with Crippen LogP contribution in [0.25, 0.3) is 28.9 Å². The van der Waals surface area contributed by atoms with Crippen LogP contribution in [0.4, 0.5) is 5.82 Å². The summed E-state index contributed by atoms with van der Waals surface area (Å²) in [7, 11) is -3.33. The van der Waals surface area contributed by atoms with Crippen LogP contribution in [-0.2, 0) is 9.84 Å². The predicted octanol–water partition coefficient (Wildman–Crippen LogP) is 2.60. The molecule has 0 atom stereocenters. The van der Waals surface area contributed by atoms with Crippen LogP contribution in [-0.4, -0.2) is 33.8 Å². The van der Waals surface area contributed by atoms with Crippen LogP contribution in [0, 0.1) is 0 Å². The zero-order valence-corrected chi connectivity index (χ0v) is 15.1. The van der Waals surface area contributed by atoms with Crippen molar-refractivity contribution in [1.82, 2.24) is 20.2 Å². The average molecular weight is 371 g/mol. The quantitative estimate of drug-likeness (QED) is 0.725. The standard InChI is InChI=1S/C17H17N5O3S/c1-4-14-21-22-17(25-14)15-16(18)19-9-13(20-15)11-5-7-12(8-6-11)26(23,24)10(2)3/h4-10H,1H2,2-3H3,(H2,18,19). The van der Waals surface area contributed by atoms with E-state index in [0.717, 1.165) is 0 Å². The normalized spacial score (nSPS) is 11.7. The summed E-state index contributed by atoms with van der Waals surface area (Å²) in [5, 5.41) is 7.16. The molecule has 0 saturated heterocycles. The number of sulfone groups is 1. The van der Waals surface area contributed by atoms with Gasteiger partial charge in [0.2, 0.25) is 5.89 Å². The maximum atomic E-state index is 12.2. The molecule has 9 heteroatoms. The molecule has 2 N–H and O–H groups in total. The van der Waals surface area contributed by atoms with E-state index in [1.54, 1.807) is 38.1 Å². The highest BCUT2D eigenvalue weighted by Crippen LogP contribution is 2.26. The van der Waals surface area contributed by atoms with E-state index in [9.17, 15) is 8.42 Å². The van der Waals surface area contributed by atoms with E-state index < -0.39 is 15.1 Å². The first-order valence-electron chi connectivity index (χ1n) is 7.76. The SMILES string of the molecule is C=Cc1nnc(-c2nc(-c3ccc(S(=O)(=O)C(C)C)cc3)cnc2N)o1. The summed E-state index contributed by atoms with van der Waals surface area (Å²) >= 11 is 0. The Labute approximate surface area is 150 Å². The first-order chi connectivity index (χ1) is 12.3. The van der Waals surface area contributed by atoms with E-state index >= 15 is 0 Å². The molecule has 0 spiro atoms. The number of hydrogen-bond acceptors (Lipinski definition) is 8. The maximum Gasteiger partial charge on any atom is 0.270 e. The molecule has 0 unspecified atom stereocenters. The van der Waals surface area contributed by atoms with Gasteiger partial charge in [-0.2, -0.15) is 0 Å². The molecule has 26 heavy (non-hydrogen) atoms. The Morgan fingerprint density at radius 1 is 1.19 bits per heavy atom. The number of nitrogen functional groups attached to an aromatic ring is 1. The number of hydrogen-bond donors (Lipinski definition) is 1. The van der Waals surface area contributed by atoms with Crippen molar-refractivity contribution in [3.63, 3.8) is 0 Å². The number of rotatable bonds is 5. The van der Waals surface area contributed by atoms with Gasteiger partial charge in [-0.05, 0) is 32.1 Å². The van der Waals surface area contributed by atoms with Crippen LogP contribution in [0.3, 0.4) is 0 Å². The zero-order valence-electron chi connectivity index (χ0n) is 14.2. The Balaban J connectivity index is 2.00. The van der Waals surface area contributed by atoms with Crippen LogP contribution in [0.1, 0.15) is 19.7 Å². The molecule has 0 fully saturated rings. The van der Waals surface area contributed by atoms with Crippen LogP contribution in [0.5, 0.6) is 0 Å². The average Bonchev–Trinajstić information content (AvgIpc) is 3.11. The van der Waals surface area contributed by atoms with Gasteiger partial charge >= 0.3 is 0 Å². The first kappa shape index (κ1) is 17.7. The molecule has 8 nitrogen and oxygen atoms in total. The molecular formula is C17H17N5O3S. The molecule has 3 rings (SSSR count). The van der Waals surface area contributed by atoms with E-state index in [1.165, 1.54) is 12.3 Å². The molecule has 134 valence electrons. The van der Waals surface area contributed by atoms with Gasteiger partial charge in [-0.15, -0.1) is 10.2 Å². The summed E-state index contributed by atoms with van der Waals surface area (Å²) in [6.07, 6.45) is 2.91. The molecule has 2 aromatic heterocycles. The molecule has 0 saturated carbocycles. The lowest BCUT2D eigenvalue weighted by Gasteiger charge is -2.09. The molecule has 0 aliphatic heterocycles. The summed E-state index contributed by atoms with van der Waals surface area (Å²) in [5.41, 5.74) is 7.30. The zero-order chi connectivity index (χ0) is 18.9. The Hall–Kier alpha value is -3.07. The summed E-state index contributed by atoms with van der Waals surface area (Å²) in [6, 6.07) is 6.43. The molecule has 3 aromatic rings. The number of nitrogens with zero attached hydrogens (tertiary/aromatic N) is 4. The van der Waals surface area contributed by atoms with Crippen molar-refractivity contribution in [2.45, 2.75) is 24.0 Å².